The second-order valence-corrected chi connectivity index (χ2v) is 6.16. The van der Waals surface area contributed by atoms with Gasteiger partial charge in [-0.1, -0.05) is 12.8 Å². The summed E-state index contributed by atoms with van der Waals surface area (Å²) in [6, 6.07) is 0. The van der Waals surface area contributed by atoms with E-state index in [4.69, 9.17) is 4.74 Å². The number of imide groups is 1. The van der Waals surface area contributed by atoms with E-state index in [1.807, 2.05) is 0 Å². The normalized spacial score (nSPS) is 31.2. The Morgan fingerprint density at radius 2 is 1.89 bits per heavy atom. The lowest BCUT2D eigenvalue weighted by Gasteiger charge is -2.39. The number of carbonyl (C=O) groups is 2. The smallest absolute Gasteiger partial charge is 0.229 e. The summed E-state index contributed by atoms with van der Waals surface area (Å²) in [5, 5.41) is 3.23. The van der Waals surface area contributed by atoms with E-state index in [0.29, 0.717) is 26.0 Å². The molecular formula is C14H22N2O3. The number of amides is 2. The summed E-state index contributed by atoms with van der Waals surface area (Å²) in [6.45, 7) is 2.65. The van der Waals surface area contributed by atoms with Crippen LogP contribution >= 0.6 is 0 Å². The SMILES string of the molecule is O=C1CC2(CCCC2)CC(=O)N1CC1CNCCO1. The van der Waals surface area contributed by atoms with E-state index in [2.05, 4.69) is 5.32 Å². The molecule has 2 saturated heterocycles. The first-order valence-electron chi connectivity index (χ1n) is 7.34. The average Bonchev–Trinajstić information content (AvgIpc) is 2.83. The van der Waals surface area contributed by atoms with Gasteiger partial charge in [0.05, 0.1) is 19.3 Å². The van der Waals surface area contributed by atoms with E-state index in [-0.39, 0.29) is 23.3 Å². The van der Waals surface area contributed by atoms with Crippen LogP contribution in [0.2, 0.25) is 0 Å². The van der Waals surface area contributed by atoms with E-state index in [1.165, 1.54) is 4.90 Å². The van der Waals surface area contributed by atoms with Crippen LogP contribution in [0, 0.1) is 5.41 Å². The van der Waals surface area contributed by atoms with Gasteiger partial charge in [-0.05, 0) is 18.3 Å². The van der Waals surface area contributed by atoms with Crippen LogP contribution in [-0.2, 0) is 14.3 Å². The first-order chi connectivity index (χ1) is 9.19. The molecule has 3 aliphatic rings. The fourth-order valence-corrected chi connectivity index (χ4v) is 3.66. The van der Waals surface area contributed by atoms with Crippen molar-refractivity contribution in [3.8, 4) is 0 Å². The Morgan fingerprint density at radius 3 is 2.47 bits per heavy atom. The minimum Gasteiger partial charge on any atom is -0.374 e. The van der Waals surface area contributed by atoms with Gasteiger partial charge in [-0.2, -0.15) is 0 Å². The summed E-state index contributed by atoms with van der Waals surface area (Å²) >= 11 is 0. The highest BCUT2D eigenvalue weighted by Gasteiger charge is 2.45. The van der Waals surface area contributed by atoms with Crippen LogP contribution in [0.3, 0.4) is 0 Å². The molecule has 2 heterocycles. The molecule has 5 heteroatoms. The zero-order valence-electron chi connectivity index (χ0n) is 11.3. The van der Waals surface area contributed by atoms with Gasteiger partial charge in [-0.25, -0.2) is 0 Å². The Hall–Kier alpha value is -0.940. The summed E-state index contributed by atoms with van der Waals surface area (Å²) in [6.07, 6.45) is 5.48. The van der Waals surface area contributed by atoms with E-state index < -0.39 is 0 Å². The number of nitrogens with one attached hydrogen (secondary N) is 1. The summed E-state index contributed by atoms with van der Waals surface area (Å²) in [7, 11) is 0. The first kappa shape index (κ1) is 13.1. The molecule has 106 valence electrons. The largest absolute Gasteiger partial charge is 0.374 e. The molecule has 1 aliphatic carbocycles. The Labute approximate surface area is 113 Å². The topological polar surface area (TPSA) is 58.6 Å². The van der Waals surface area contributed by atoms with Gasteiger partial charge in [0.25, 0.3) is 0 Å². The summed E-state index contributed by atoms with van der Waals surface area (Å²) in [5.74, 6) is 0.0136. The third-order valence-corrected chi connectivity index (χ3v) is 4.71. The van der Waals surface area contributed by atoms with Gasteiger partial charge < -0.3 is 10.1 Å². The Morgan fingerprint density at radius 1 is 1.21 bits per heavy atom. The molecule has 0 bridgehead atoms. The molecule has 1 unspecified atom stereocenters. The van der Waals surface area contributed by atoms with Crippen molar-refractivity contribution in [2.24, 2.45) is 5.41 Å². The molecule has 3 fully saturated rings. The van der Waals surface area contributed by atoms with Gasteiger partial charge in [0.15, 0.2) is 0 Å². The van der Waals surface area contributed by atoms with Crippen molar-refractivity contribution in [1.29, 1.82) is 0 Å². The fraction of sp³-hybridized carbons (Fsp3) is 0.857. The molecule has 0 aromatic carbocycles. The monoisotopic (exact) mass is 266 g/mol. The second kappa shape index (κ2) is 5.21. The fourth-order valence-electron chi connectivity index (χ4n) is 3.66. The van der Waals surface area contributed by atoms with Gasteiger partial charge in [-0.15, -0.1) is 0 Å². The molecule has 1 saturated carbocycles. The van der Waals surface area contributed by atoms with E-state index >= 15 is 0 Å². The van der Waals surface area contributed by atoms with Crippen LogP contribution in [0.4, 0.5) is 0 Å². The number of morpholine rings is 1. The van der Waals surface area contributed by atoms with Crippen molar-refractivity contribution < 1.29 is 14.3 Å². The van der Waals surface area contributed by atoms with E-state index in [1.54, 1.807) is 0 Å². The minimum absolute atomic E-state index is 0.00363. The molecule has 3 rings (SSSR count). The second-order valence-electron chi connectivity index (χ2n) is 6.16. The van der Waals surface area contributed by atoms with Crippen molar-refractivity contribution in [3.05, 3.63) is 0 Å². The quantitative estimate of drug-likeness (QED) is 0.747. The molecule has 0 aromatic heterocycles. The van der Waals surface area contributed by atoms with Crippen LogP contribution in [0.25, 0.3) is 0 Å². The number of ether oxygens (including phenoxy) is 1. The van der Waals surface area contributed by atoms with Gasteiger partial charge in [0, 0.05) is 25.9 Å². The van der Waals surface area contributed by atoms with Crippen molar-refractivity contribution in [1.82, 2.24) is 10.2 Å². The Kier molecular flexibility index (Phi) is 3.58. The molecule has 1 N–H and O–H groups in total. The van der Waals surface area contributed by atoms with Crippen LogP contribution in [0.15, 0.2) is 0 Å². The molecule has 0 radical (unpaired) electrons. The van der Waals surface area contributed by atoms with E-state index in [9.17, 15) is 9.59 Å². The molecule has 1 atom stereocenters. The van der Waals surface area contributed by atoms with Gasteiger partial charge >= 0.3 is 0 Å². The number of rotatable bonds is 2. The summed E-state index contributed by atoms with van der Waals surface area (Å²) in [4.78, 5) is 26.0. The third kappa shape index (κ3) is 2.67. The molecule has 19 heavy (non-hydrogen) atoms. The van der Waals surface area contributed by atoms with E-state index in [0.717, 1.165) is 38.8 Å². The van der Waals surface area contributed by atoms with Gasteiger partial charge in [-0.3, -0.25) is 14.5 Å². The highest BCUT2D eigenvalue weighted by atomic mass is 16.5. The minimum atomic E-state index is -0.0423. The van der Waals surface area contributed by atoms with Crippen molar-refractivity contribution in [2.45, 2.75) is 44.6 Å². The number of likely N-dealkylation sites (tertiary alicyclic amines) is 1. The van der Waals surface area contributed by atoms with Crippen molar-refractivity contribution in [2.75, 3.05) is 26.2 Å². The highest BCUT2D eigenvalue weighted by Crippen LogP contribution is 2.46. The lowest BCUT2D eigenvalue weighted by atomic mass is 9.76. The summed E-state index contributed by atoms with van der Waals surface area (Å²) < 4.78 is 5.59. The van der Waals surface area contributed by atoms with Gasteiger partial charge in [0.2, 0.25) is 11.8 Å². The van der Waals surface area contributed by atoms with Crippen molar-refractivity contribution in [3.63, 3.8) is 0 Å². The maximum absolute atomic E-state index is 12.3. The zero-order chi connectivity index (χ0) is 13.3. The molecule has 5 nitrogen and oxygen atoms in total. The molecule has 2 aliphatic heterocycles. The molecule has 1 spiro atoms. The number of carbonyl (C=O) groups excluding carboxylic acids is 2. The third-order valence-electron chi connectivity index (χ3n) is 4.71. The number of nitrogens with zero attached hydrogens (tertiary/aromatic N) is 1. The highest BCUT2D eigenvalue weighted by molar-refractivity contribution is 5.98. The van der Waals surface area contributed by atoms with Crippen molar-refractivity contribution >= 4 is 11.8 Å². The predicted octanol–water partition coefficient (Wildman–Crippen LogP) is 0.684. The van der Waals surface area contributed by atoms with Crippen LogP contribution in [0.1, 0.15) is 38.5 Å². The van der Waals surface area contributed by atoms with Crippen LogP contribution in [-0.4, -0.2) is 49.1 Å². The summed E-state index contributed by atoms with van der Waals surface area (Å²) in [5.41, 5.74) is -0.00363. The predicted molar refractivity (Wildman–Crippen MR) is 69.5 cm³/mol. The standard InChI is InChI=1S/C14H22N2O3/c17-12-7-14(3-1-2-4-14)8-13(18)16(12)10-11-9-15-5-6-19-11/h11,15H,1-10H2. The zero-order valence-corrected chi connectivity index (χ0v) is 11.3. The van der Waals surface area contributed by atoms with Crippen LogP contribution in [0.5, 0.6) is 0 Å². The maximum atomic E-state index is 12.3. The van der Waals surface area contributed by atoms with Gasteiger partial charge in [0.1, 0.15) is 0 Å². The Bertz CT molecular complexity index is 351. The molecule has 2 amide bonds. The first-order valence-corrected chi connectivity index (χ1v) is 7.34. The van der Waals surface area contributed by atoms with Crippen LogP contribution < -0.4 is 5.32 Å². The molecular weight excluding hydrogens is 244 g/mol. The lowest BCUT2D eigenvalue weighted by molar-refractivity contribution is -0.156. The number of hydrogen-bond donors (Lipinski definition) is 1. The Balaban J connectivity index is 1.63. The number of piperidine rings is 1. The lowest BCUT2D eigenvalue weighted by Crippen LogP contribution is -2.53. The maximum Gasteiger partial charge on any atom is 0.229 e. The molecule has 0 aromatic rings. The average molecular weight is 266 g/mol. The number of hydrogen-bond acceptors (Lipinski definition) is 4.